The highest BCUT2D eigenvalue weighted by molar-refractivity contribution is 6.31. The highest BCUT2D eigenvalue weighted by Gasteiger charge is 2.16. The molecule has 0 unspecified atom stereocenters. The summed E-state index contributed by atoms with van der Waals surface area (Å²) < 4.78 is 3.96. The molecule has 2 rings (SSSR count). The second-order valence-electron chi connectivity index (χ2n) is 5.00. The monoisotopic (exact) mass is 295 g/mol. The first-order chi connectivity index (χ1) is 9.49. The van der Waals surface area contributed by atoms with Gasteiger partial charge >= 0.3 is 0 Å². The first-order valence-electron chi connectivity index (χ1n) is 6.88. The molecule has 0 saturated carbocycles. The van der Waals surface area contributed by atoms with Crippen molar-refractivity contribution in [1.29, 1.82) is 0 Å². The maximum atomic E-state index is 6.37. The summed E-state index contributed by atoms with van der Waals surface area (Å²) in [5.74, 6) is 0. The topological polar surface area (TPSA) is 47.7 Å². The van der Waals surface area contributed by atoms with Gasteiger partial charge < -0.3 is 5.32 Å². The Balaban J connectivity index is 2.38. The van der Waals surface area contributed by atoms with E-state index in [1.807, 2.05) is 30.3 Å². The van der Waals surface area contributed by atoms with Crippen molar-refractivity contribution >= 4 is 11.6 Å². The zero-order chi connectivity index (χ0) is 14.9. The first kappa shape index (κ1) is 15.1. The van der Waals surface area contributed by atoms with E-state index < -0.39 is 0 Å². The Bertz CT molecular complexity index is 612. The van der Waals surface area contributed by atoms with Gasteiger partial charge in [-0.2, -0.15) is 10.2 Å². The summed E-state index contributed by atoms with van der Waals surface area (Å²) in [7, 11) is 1.95. The zero-order valence-corrected chi connectivity index (χ0v) is 13.5. The molecule has 0 aliphatic carbocycles. The third kappa shape index (κ3) is 2.60. The summed E-state index contributed by atoms with van der Waals surface area (Å²) in [5, 5.41) is 13.0. The van der Waals surface area contributed by atoms with Gasteiger partial charge in [-0.3, -0.25) is 9.36 Å². The fourth-order valence-corrected chi connectivity index (χ4v) is 2.68. The zero-order valence-electron chi connectivity index (χ0n) is 12.8. The van der Waals surface area contributed by atoms with Crippen LogP contribution in [0.25, 0.3) is 0 Å². The summed E-state index contributed by atoms with van der Waals surface area (Å²) in [6.07, 6.45) is 0. The van der Waals surface area contributed by atoms with Crippen molar-refractivity contribution < 1.29 is 0 Å². The quantitative estimate of drug-likeness (QED) is 0.922. The van der Waals surface area contributed by atoms with Gasteiger partial charge in [0.2, 0.25) is 0 Å². The van der Waals surface area contributed by atoms with E-state index in [4.69, 9.17) is 11.6 Å². The van der Waals surface area contributed by atoms with E-state index in [2.05, 4.69) is 29.4 Å². The molecule has 0 saturated heterocycles. The lowest BCUT2D eigenvalue weighted by molar-refractivity contribution is 0.566. The Morgan fingerprint density at radius 1 is 1.10 bits per heavy atom. The smallest absolute Gasteiger partial charge is 0.0866 e. The summed E-state index contributed by atoms with van der Waals surface area (Å²) >= 11 is 6.37. The minimum absolute atomic E-state index is 0.657. The van der Waals surface area contributed by atoms with Crippen LogP contribution in [0, 0.1) is 20.8 Å². The molecule has 2 heterocycles. The lowest BCUT2D eigenvalue weighted by Crippen LogP contribution is -2.11. The van der Waals surface area contributed by atoms with Gasteiger partial charge in [0.05, 0.1) is 28.6 Å². The Morgan fingerprint density at radius 3 is 2.35 bits per heavy atom. The fourth-order valence-electron chi connectivity index (χ4n) is 2.48. The van der Waals surface area contributed by atoms with Gasteiger partial charge in [0.15, 0.2) is 0 Å². The van der Waals surface area contributed by atoms with Gasteiger partial charge in [-0.25, -0.2) is 0 Å². The molecule has 0 amide bonds. The van der Waals surface area contributed by atoms with Crippen LogP contribution in [0.2, 0.25) is 5.02 Å². The molecule has 110 valence electrons. The van der Waals surface area contributed by atoms with E-state index >= 15 is 0 Å². The van der Waals surface area contributed by atoms with Crippen LogP contribution in [0.5, 0.6) is 0 Å². The third-order valence-corrected chi connectivity index (χ3v) is 4.13. The number of hydrogen-bond acceptors (Lipinski definition) is 3. The molecule has 0 aliphatic heterocycles. The molecule has 5 nitrogen and oxygen atoms in total. The van der Waals surface area contributed by atoms with E-state index in [-0.39, 0.29) is 0 Å². The van der Waals surface area contributed by atoms with Crippen LogP contribution in [-0.4, -0.2) is 26.6 Å². The maximum Gasteiger partial charge on any atom is 0.0866 e. The molecular weight excluding hydrogens is 274 g/mol. The van der Waals surface area contributed by atoms with Crippen molar-refractivity contribution in [2.75, 3.05) is 7.05 Å². The van der Waals surface area contributed by atoms with Crippen LogP contribution in [0.1, 0.15) is 35.3 Å². The molecule has 0 aromatic carbocycles. The predicted molar refractivity (Wildman–Crippen MR) is 81.2 cm³/mol. The van der Waals surface area contributed by atoms with Crippen molar-refractivity contribution in [2.45, 2.75) is 47.3 Å². The second-order valence-corrected chi connectivity index (χ2v) is 5.38. The molecule has 0 atom stereocenters. The fraction of sp³-hybridized carbons (Fsp3) is 0.571. The van der Waals surface area contributed by atoms with Crippen LogP contribution < -0.4 is 5.32 Å². The summed E-state index contributed by atoms with van der Waals surface area (Å²) in [6.45, 7) is 10.4. The maximum absolute atomic E-state index is 6.37. The van der Waals surface area contributed by atoms with E-state index in [0.29, 0.717) is 6.54 Å². The van der Waals surface area contributed by atoms with Crippen LogP contribution in [-0.2, 0) is 19.6 Å². The van der Waals surface area contributed by atoms with E-state index in [0.717, 1.165) is 35.2 Å². The molecule has 6 heteroatoms. The Kier molecular flexibility index (Phi) is 4.50. The van der Waals surface area contributed by atoms with Gasteiger partial charge in [-0.05, 0) is 34.7 Å². The minimum Gasteiger partial charge on any atom is -0.316 e. The molecule has 20 heavy (non-hydrogen) atoms. The number of aromatic nitrogens is 4. The standard InChI is InChI=1S/C14H22ClN5/c1-6-19-13(14(15)10(3)18-19)8-20-11(4)12(7-16-5)9(2)17-20/h16H,6-8H2,1-5H3. The van der Waals surface area contributed by atoms with E-state index in [1.54, 1.807) is 0 Å². The van der Waals surface area contributed by atoms with Crippen molar-refractivity contribution in [2.24, 2.45) is 0 Å². The van der Waals surface area contributed by atoms with Gasteiger partial charge in [0, 0.05) is 24.3 Å². The second kappa shape index (κ2) is 5.97. The van der Waals surface area contributed by atoms with Crippen LogP contribution in [0.3, 0.4) is 0 Å². The number of hydrogen-bond donors (Lipinski definition) is 1. The molecule has 0 spiro atoms. The van der Waals surface area contributed by atoms with Gasteiger partial charge in [-0.1, -0.05) is 11.6 Å². The largest absolute Gasteiger partial charge is 0.316 e. The van der Waals surface area contributed by atoms with E-state index in [9.17, 15) is 0 Å². The SMILES string of the molecule is CCn1nc(C)c(Cl)c1Cn1nc(C)c(CNC)c1C. The first-order valence-corrected chi connectivity index (χ1v) is 7.26. The molecule has 0 radical (unpaired) electrons. The third-order valence-electron chi connectivity index (χ3n) is 3.64. The number of rotatable bonds is 5. The summed E-state index contributed by atoms with van der Waals surface area (Å²) in [5.41, 5.74) is 5.39. The average molecular weight is 296 g/mol. The van der Waals surface area contributed by atoms with Crippen molar-refractivity contribution in [3.8, 4) is 0 Å². The normalized spacial score (nSPS) is 11.3. The highest BCUT2D eigenvalue weighted by Crippen LogP contribution is 2.22. The molecular formula is C14H22ClN5. The van der Waals surface area contributed by atoms with Crippen molar-refractivity contribution in [3.63, 3.8) is 0 Å². The highest BCUT2D eigenvalue weighted by atomic mass is 35.5. The van der Waals surface area contributed by atoms with Gasteiger partial charge in [0.25, 0.3) is 0 Å². The lowest BCUT2D eigenvalue weighted by Gasteiger charge is -2.08. The predicted octanol–water partition coefficient (Wildman–Crippen LogP) is 2.45. The minimum atomic E-state index is 0.657. The molecule has 1 N–H and O–H groups in total. The van der Waals surface area contributed by atoms with Crippen molar-refractivity contribution in [1.82, 2.24) is 24.9 Å². The summed E-state index contributed by atoms with van der Waals surface area (Å²) in [4.78, 5) is 0. The molecule has 2 aromatic heterocycles. The Morgan fingerprint density at radius 2 is 1.75 bits per heavy atom. The molecule has 0 fully saturated rings. The molecule has 0 aliphatic rings. The van der Waals surface area contributed by atoms with Gasteiger partial charge in [-0.15, -0.1) is 0 Å². The number of aryl methyl sites for hydroxylation is 3. The summed E-state index contributed by atoms with van der Waals surface area (Å²) in [6, 6.07) is 0. The van der Waals surface area contributed by atoms with Crippen molar-refractivity contribution in [3.05, 3.63) is 33.4 Å². The number of halogens is 1. The van der Waals surface area contributed by atoms with Crippen LogP contribution in [0.15, 0.2) is 0 Å². The Labute approximate surface area is 124 Å². The number of nitrogens with zero attached hydrogens (tertiary/aromatic N) is 4. The van der Waals surface area contributed by atoms with Crippen LogP contribution in [0.4, 0.5) is 0 Å². The van der Waals surface area contributed by atoms with Gasteiger partial charge in [0.1, 0.15) is 0 Å². The molecule has 0 bridgehead atoms. The average Bonchev–Trinajstić information content (AvgIpc) is 2.84. The number of nitrogens with one attached hydrogen (secondary N) is 1. The Hall–Kier alpha value is -1.33. The van der Waals surface area contributed by atoms with E-state index in [1.165, 1.54) is 11.3 Å². The molecule has 2 aromatic rings. The lowest BCUT2D eigenvalue weighted by atomic mass is 10.2. The van der Waals surface area contributed by atoms with Crippen LogP contribution >= 0.6 is 11.6 Å².